The third kappa shape index (κ3) is 5.73. The summed E-state index contributed by atoms with van der Waals surface area (Å²) in [4.78, 5) is 0.342. The molecule has 0 saturated heterocycles. The number of fused-ring (bicyclic) bond motifs is 1. The maximum Gasteiger partial charge on any atom is 0.264 e. The van der Waals surface area contributed by atoms with E-state index in [4.69, 9.17) is 0 Å². The van der Waals surface area contributed by atoms with E-state index in [1.165, 1.54) is 37.7 Å². The molecule has 3 rings (SSSR count). The number of benzene rings is 2. The van der Waals surface area contributed by atoms with Gasteiger partial charge in [0.2, 0.25) is 0 Å². The minimum Gasteiger partial charge on any atom is -0.266 e. The molecule has 1 heterocycles. The maximum atomic E-state index is 13.2. The van der Waals surface area contributed by atoms with E-state index in [9.17, 15) is 8.42 Å². The summed E-state index contributed by atoms with van der Waals surface area (Å²) in [6, 6.07) is 13.2. The second-order valence-electron chi connectivity index (χ2n) is 7.69. The number of hydrogen-bond donors (Lipinski definition) is 0. The highest BCUT2D eigenvalue weighted by atomic mass is 79.9. The summed E-state index contributed by atoms with van der Waals surface area (Å²) in [6.07, 6.45) is 12.2. The van der Waals surface area contributed by atoms with Crippen molar-refractivity contribution in [2.45, 2.75) is 62.7 Å². The number of hydrogen-bond acceptors (Lipinski definition) is 2. The smallest absolute Gasteiger partial charge is 0.264 e. The predicted molar refractivity (Wildman–Crippen MR) is 125 cm³/mol. The highest BCUT2D eigenvalue weighted by Gasteiger charge is 2.29. The van der Waals surface area contributed by atoms with Crippen LogP contribution in [0.4, 0.5) is 5.69 Å². The van der Waals surface area contributed by atoms with Crippen molar-refractivity contribution < 1.29 is 8.42 Å². The summed E-state index contributed by atoms with van der Waals surface area (Å²) < 4.78 is 28.8. The Hall–Kier alpha value is -1.59. The zero-order chi connectivity index (χ0) is 20.7. The number of aryl methyl sites for hydroxylation is 2. The second kappa shape index (κ2) is 10.4. The zero-order valence-electron chi connectivity index (χ0n) is 16.9. The quantitative estimate of drug-likeness (QED) is 0.284. The van der Waals surface area contributed by atoms with E-state index in [1.54, 1.807) is 28.6 Å². The van der Waals surface area contributed by atoms with Crippen molar-refractivity contribution in [3.8, 4) is 0 Å². The van der Waals surface area contributed by atoms with Gasteiger partial charge in [-0.2, -0.15) is 0 Å². The Labute approximate surface area is 184 Å². The van der Waals surface area contributed by atoms with E-state index in [0.717, 1.165) is 41.4 Å². The van der Waals surface area contributed by atoms with Crippen LogP contribution in [-0.2, 0) is 22.9 Å². The summed E-state index contributed by atoms with van der Waals surface area (Å²) in [6.45, 7) is 4.30. The normalized spacial score (nSPS) is 13.9. The number of allylic oxidation sites excluding steroid dienone is 1. The number of rotatable bonds is 10. The van der Waals surface area contributed by atoms with Crippen LogP contribution < -0.4 is 4.31 Å². The molecule has 3 nitrogen and oxygen atoms in total. The molecule has 156 valence electrons. The average molecular weight is 476 g/mol. The molecule has 0 aromatic heterocycles. The molecule has 1 aliphatic heterocycles. The number of nitrogens with zero attached hydrogens (tertiary/aromatic N) is 1. The molecule has 0 fully saturated rings. The lowest BCUT2D eigenvalue weighted by Crippen LogP contribution is -2.35. The van der Waals surface area contributed by atoms with Crippen LogP contribution in [0.2, 0.25) is 0 Å². The van der Waals surface area contributed by atoms with E-state index < -0.39 is 10.0 Å². The third-order valence-corrected chi connectivity index (χ3v) is 7.85. The van der Waals surface area contributed by atoms with Gasteiger partial charge in [0, 0.05) is 11.0 Å². The van der Waals surface area contributed by atoms with E-state index in [2.05, 4.69) is 34.6 Å². The number of halogens is 1. The van der Waals surface area contributed by atoms with Crippen LogP contribution in [0, 0.1) is 0 Å². The monoisotopic (exact) mass is 475 g/mol. The second-order valence-corrected chi connectivity index (χ2v) is 10.5. The van der Waals surface area contributed by atoms with Crippen molar-refractivity contribution in [2.24, 2.45) is 0 Å². The van der Waals surface area contributed by atoms with Crippen molar-refractivity contribution in [3.05, 3.63) is 70.7 Å². The lowest BCUT2D eigenvalue weighted by atomic mass is 9.98. The van der Waals surface area contributed by atoms with Gasteiger partial charge in [-0.15, -0.1) is 6.58 Å². The summed E-state index contributed by atoms with van der Waals surface area (Å²) in [5.74, 6) is 0. The molecule has 5 heteroatoms. The van der Waals surface area contributed by atoms with Gasteiger partial charge in [0.1, 0.15) is 0 Å². The fourth-order valence-electron chi connectivity index (χ4n) is 3.90. The fraction of sp³-hybridized carbons (Fsp3) is 0.417. The lowest BCUT2D eigenvalue weighted by molar-refractivity contribution is 0.586. The third-order valence-electron chi connectivity index (χ3n) is 5.50. The van der Waals surface area contributed by atoms with E-state index >= 15 is 0 Å². The van der Waals surface area contributed by atoms with Crippen LogP contribution in [0.1, 0.15) is 56.1 Å². The Balaban J connectivity index is 1.66. The largest absolute Gasteiger partial charge is 0.266 e. The first-order valence-electron chi connectivity index (χ1n) is 10.5. The maximum absolute atomic E-state index is 13.2. The molecule has 29 heavy (non-hydrogen) atoms. The van der Waals surface area contributed by atoms with Gasteiger partial charge in [0.05, 0.1) is 10.6 Å². The topological polar surface area (TPSA) is 37.4 Å². The average Bonchev–Trinajstić information content (AvgIpc) is 2.73. The number of unbranched alkanes of at least 4 members (excludes halogenated alkanes) is 5. The molecule has 0 saturated carbocycles. The Morgan fingerprint density at radius 1 is 1.00 bits per heavy atom. The van der Waals surface area contributed by atoms with Crippen molar-refractivity contribution in [2.75, 3.05) is 10.8 Å². The van der Waals surface area contributed by atoms with Gasteiger partial charge in [0.15, 0.2) is 0 Å². The van der Waals surface area contributed by atoms with Crippen LogP contribution >= 0.6 is 15.9 Å². The first-order chi connectivity index (χ1) is 14.0. The first kappa shape index (κ1) is 22.1. The summed E-state index contributed by atoms with van der Waals surface area (Å²) in [5, 5.41) is 0. The van der Waals surface area contributed by atoms with Gasteiger partial charge in [0.25, 0.3) is 10.0 Å². The van der Waals surface area contributed by atoms with Gasteiger partial charge < -0.3 is 0 Å². The number of sulfonamides is 1. The molecule has 0 radical (unpaired) electrons. The van der Waals surface area contributed by atoms with Crippen LogP contribution in [0.3, 0.4) is 0 Å². The molecule has 1 aliphatic rings. The van der Waals surface area contributed by atoms with Crippen LogP contribution in [0.15, 0.2) is 64.5 Å². The van der Waals surface area contributed by atoms with Crippen molar-refractivity contribution in [1.82, 2.24) is 0 Å². The summed E-state index contributed by atoms with van der Waals surface area (Å²) in [5.41, 5.74) is 3.31. The van der Waals surface area contributed by atoms with Crippen LogP contribution in [-0.4, -0.2) is 15.0 Å². The molecule has 2 aromatic rings. The molecule has 0 amide bonds. The summed E-state index contributed by atoms with van der Waals surface area (Å²) >= 11 is 3.37. The Morgan fingerprint density at radius 2 is 1.72 bits per heavy atom. The minimum absolute atomic E-state index is 0.342. The van der Waals surface area contributed by atoms with E-state index in [1.807, 2.05) is 12.1 Å². The van der Waals surface area contributed by atoms with Gasteiger partial charge in [-0.05, 0) is 80.0 Å². The summed E-state index contributed by atoms with van der Waals surface area (Å²) in [7, 11) is -3.53. The van der Waals surface area contributed by atoms with Gasteiger partial charge in [-0.25, -0.2) is 8.42 Å². The Bertz CT molecular complexity index is 922. The standard InChI is InChI=1S/C24H30BrNO2S/c1-2-3-4-5-6-7-8-10-20-12-17-24-21(19-20)11-9-18-26(24)29(27,28)23-15-13-22(25)14-16-23/h2,12-17,19H,1,3-11,18H2. The fourth-order valence-corrected chi connectivity index (χ4v) is 5.71. The highest BCUT2D eigenvalue weighted by Crippen LogP contribution is 2.33. The predicted octanol–water partition coefficient (Wildman–Crippen LogP) is 6.66. The molecule has 0 N–H and O–H groups in total. The molecule has 0 aliphatic carbocycles. The molecule has 0 bridgehead atoms. The zero-order valence-corrected chi connectivity index (χ0v) is 19.3. The van der Waals surface area contributed by atoms with Crippen LogP contribution in [0.25, 0.3) is 0 Å². The molecule has 0 atom stereocenters. The van der Waals surface area contributed by atoms with E-state index in [-0.39, 0.29) is 0 Å². The Kier molecular flexibility index (Phi) is 7.96. The van der Waals surface area contributed by atoms with Crippen LogP contribution in [0.5, 0.6) is 0 Å². The lowest BCUT2D eigenvalue weighted by Gasteiger charge is -2.31. The first-order valence-corrected chi connectivity index (χ1v) is 12.8. The van der Waals surface area contributed by atoms with Gasteiger partial charge >= 0.3 is 0 Å². The number of anilines is 1. The SMILES string of the molecule is C=CCCCCCCCc1ccc2c(c1)CCCN2S(=O)(=O)c1ccc(Br)cc1. The molecule has 0 spiro atoms. The molecular weight excluding hydrogens is 446 g/mol. The molecule has 0 unspecified atom stereocenters. The van der Waals surface area contributed by atoms with Crippen molar-refractivity contribution in [1.29, 1.82) is 0 Å². The van der Waals surface area contributed by atoms with Crippen molar-refractivity contribution >= 4 is 31.6 Å². The van der Waals surface area contributed by atoms with Crippen molar-refractivity contribution in [3.63, 3.8) is 0 Å². The van der Waals surface area contributed by atoms with Gasteiger partial charge in [-0.1, -0.05) is 53.4 Å². The minimum atomic E-state index is -3.53. The molecule has 2 aromatic carbocycles. The highest BCUT2D eigenvalue weighted by molar-refractivity contribution is 9.10. The molecular formula is C24H30BrNO2S. The Morgan fingerprint density at radius 3 is 2.48 bits per heavy atom. The van der Waals surface area contributed by atoms with E-state index in [0.29, 0.717) is 11.4 Å². The van der Waals surface area contributed by atoms with Gasteiger partial charge in [-0.3, -0.25) is 4.31 Å².